The Balaban J connectivity index is 1.68. The number of benzene rings is 1. The molecular formula is C15H19N3S. The molecule has 0 unspecified atom stereocenters. The van der Waals surface area contributed by atoms with Gasteiger partial charge in [0.1, 0.15) is 10.8 Å². The van der Waals surface area contributed by atoms with Gasteiger partial charge in [0.25, 0.3) is 0 Å². The van der Waals surface area contributed by atoms with E-state index in [-0.39, 0.29) is 0 Å². The first-order valence-electron chi connectivity index (χ1n) is 6.84. The number of nitrogens with zero attached hydrogens (tertiary/aromatic N) is 1. The second-order valence-electron chi connectivity index (χ2n) is 5.11. The Bertz CT molecular complexity index is 555. The molecule has 2 aromatic rings. The zero-order valence-electron chi connectivity index (χ0n) is 11.1. The number of nitrogens with two attached hydrogens (primary N) is 1. The third kappa shape index (κ3) is 2.73. The van der Waals surface area contributed by atoms with Gasteiger partial charge < -0.3 is 11.1 Å². The van der Waals surface area contributed by atoms with E-state index in [1.54, 1.807) is 0 Å². The molecule has 3 nitrogen and oxygen atoms in total. The molecule has 100 valence electrons. The second kappa shape index (κ2) is 5.21. The molecule has 1 fully saturated rings. The first-order valence-corrected chi connectivity index (χ1v) is 7.62. The van der Waals surface area contributed by atoms with Gasteiger partial charge in [-0.3, -0.25) is 0 Å². The second-order valence-corrected chi connectivity index (χ2v) is 5.88. The number of nitrogen functional groups attached to an aromatic ring is 1. The molecule has 0 aliphatic heterocycles. The quantitative estimate of drug-likeness (QED) is 0.871. The van der Waals surface area contributed by atoms with Crippen molar-refractivity contribution in [3.8, 4) is 0 Å². The van der Waals surface area contributed by atoms with Crippen molar-refractivity contribution >= 4 is 22.4 Å². The summed E-state index contributed by atoms with van der Waals surface area (Å²) in [7, 11) is 0. The summed E-state index contributed by atoms with van der Waals surface area (Å²) in [4.78, 5) is 0. The maximum Gasteiger partial charge on any atom is 0.142 e. The van der Waals surface area contributed by atoms with Crippen LogP contribution < -0.4 is 11.1 Å². The summed E-state index contributed by atoms with van der Waals surface area (Å²) in [6, 6.07) is 8.76. The molecule has 1 heterocycles. The minimum Gasteiger partial charge on any atom is -0.383 e. The van der Waals surface area contributed by atoms with E-state index < -0.39 is 0 Å². The Hall–Kier alpha value is -1.55. The fourth-order valence-corrected chi connectivity index (χ4v) is 3.07. The van der Waals surface area contributed by atoms with Crippen molar-refractivity contribution in [3.63, 3.8) is 0 Å². The fourth-order valence-electron chi connectivity index (χ4n) is 2.28. The number of hydrogen-bond acceptors (Lipinski definition) is 4. The summed E-state index contributed by atoms with van der Waals surface area (Å²) in [5.41, 5.74) is 9.87. The number of anilines is 2. The third-order valence-electron chi connectivity index (χ3n) is 3.63. The van der Waals surface area contributed by atoms with Crippen molar-refractivity contribution in [3.05, 3.63) is 41.0 Å². The van der Waals surface area contributed by atoms with Crippen molar-refractivity contribution in [2.24, 2.45) is 0 Å². The molecule has 0 saturated heterocycles. The molecule has 0 amide bonds. The maximum absolute atomic E-state index is 5.95. The highest BCUT2D eigenvalue weighted by molar-refractivity contribution is 7.10. The van der Waals surface area contributed by atoms with E-state index in [1.807, 2.05) is 0 Å². The Morgan fingerprint density at radius 2 is 1.95 bits per heavy atom. The Morgan fingerprint density at radius 1 is 1.26 bits per heavy atom. The first-order chi connectivity index (χ1) is 9.28. The predicted molar refractivity (Wildman–Crippen MR) is 81.6 cm³/mol. The standard InChI is InChI=1S/C15H19N3S/c1-2-10-3-5-11(6-4-10)9-17-15-13(12-7-8-12)14(16)18-19-15/h3-6,12,17H,2,7-9H2,1H3,(H2,16,18). The molecule has 4 heteroatoms. The summed E-state index contributed by atoms with van der Waals surface area (Å²) in [5.74, 6) is 1.36. The van der Waals surface area contributed by atoms with Gasteiger partial charge in [0.15, 0.2) is 0 Å². The molecule has 1 aliphatic rings. The van der Waals surface area contributed by atoms with E-state index in [2.05, 4.69) is 40.9 Å². The number of rotatable bonds is 5. The summed E-state index contributed by atoms with van der Waals surface area (Å²) in [6.45, 7) is 3.01. The summed E-state index contributed by atoms with van der Waals surface area (Å²) >= 11 is 1.49. The molecule has 1 aliphatic carbocycles. The lowest BCUT2D eigenvalue weighted by Gasteiger charge is -2.07. The lowest BCUT2D eigenvalue weighted by atomic mass is 10.1. The molecule has 0 radical (unpaired) electrons. The highest BCUT2D eigenvalue weighted by Crippen LogP contribution is 2.47. The Morgan fingerprint density at radius 3 is 2.58 bits per heavy atom. The molecule has 1 aromatic carbocycles. The van der Waals surface area contributed by atoms with E-state index in [1.165, 1.54) is 41.1 Å². The lowest BCUT2D eigenvalue weighted by molar-refractivity contribution is 1.09. The molecule has 19 heavy (non-hydrogen) atoms. The van der Waals surface area contributed by atoms with Gasteiger partial charge in [-0.2, -0.15) is 4.37 Å². The average Bonchev–Trinajstić information content (AvgIpc) is 3.21. The van der Waals surface area contributed by atoms with Crippen molar-refractivity contribution in [1.82, 2.24) is 4.37 Å². The van der Waals surface area contributed by atoms with Gasteiger partial charge in [-0.05, 0) is 47.8 Å². The highest BCUT2D eigenvalue weighted by atomic mass is 32.1. The van der Waals surface area contributed by atoms with Crippen LogP contribution >= 0.6 is 11.5 Å². The van der Waals surface area contributed by atoms with Crippen molar-refractivity contribution in [1.29, 1.82) is 0 Å². The van der Waals surface area contributed by atoms with Crippen molar-refractivity contribution in [2.45, 2.75) is 38.6 Å². The molecule has 3 rings (SSSR count). The predicted octanol–water partition coefficient (Wildman–Crippen LogP) is 3.78. The van der Waals surface area contributed by atoms with Gasteiger partial charge in [0, 0.05) is 12.1 Å². The van der Waals surface area contributed by atoms with Crippen LogP contribution in [0.15, 0.2) is 24.3 Å². The fraction of sp³-hybridized carbons (Fsp3) is 0.400. The van der Waals surface area contributed by atoms with Crippen LogP contribution in [0.3, 0.4) is 0 Å². The van der Waals surface area contributed by atoms with E-state index in [0.717, 1.165) is 23.8 Å². The number of hydrogen-bond donors (Lipinski definition) is 2. The van der Waals surface area contributed by atoms with Gasteiger partial charge >= 0.3 is 0 Å². The minimum absolute atomic E-state index is 0.642. The SMILES string of the molecule is CCc1ccc(CNc2snc(N)c2C2CC2)cc1. The number of aromatic nitrogens is 1. The third-order valence-corrected chi connectivity index (χ3v) is 4.46. The van der Waals surface area contributed by atoms with E-state index >= 15 is 0 Å². The van der Waals surface area contributed by atoms with Crippen molar-refractivity contribution in [2.75, 3.05) is 11.1 Å². The Labute approximate surface area is 118 Å². The van der Waals surface area contributed by atoms with Gasteiger partial charge in [-0.1, -0.05) is 31.2 Å². The largest absolute Gasteiger partial charge is 0.383 e. The van der Waals surface area contributed by atoms with Gasteiger partial charge in [0.2, 0.25) is 0 Å². The normalized spacial score (nSPS) is 14.6. The monoisotopic (exact) mass is 273 g/mol. The zero-order valence-corrected chi connectivity index (χ0v) is 12.0. The van der Waals surface area contributed by atoms with Gasteiger partial charge in [-0.15, -0.1) is 0 Å². The van der Waals surface area contributed by atoms with E-state index in [0.29, 0.717) is 5.92 Å². The zero-order chi connectivity index (χ0) is 13.2. The van der Waals surface area contributed by atoms with Crippen LogP contribution in [0.25, 0.3) is 0 Å². The van der Waals surface area contributed by atoms with Crippen molar-refractivity contribution < 1.29 is 0 Å². The maximum atomic E-state index is 5.95. The van der Waals surface area contributed by atoms with Crippen LogP contribution in [0.5, 0.6) is 0 Å². The van der Waals surface area contributed by atoms with Crippen LogP contribution in [0.1, 0.15) is 42.4 Å². The molecule has 0 atom stereocenters. The van der Waals surface area contributed by atoms with Crippen LogP contribution in [0, 0.1) is 0 Å². The lowest BCUT2D eigenvalue weighted by Crippen LogP contribution is -2.00. The summed E-state index contributed by atoms with van der Waals surface area (Å²) in [5, 5.41) is 4.64. The van der Waals surface area contributed by atoms with E-state index in [9.17, 15) is 0 Å². The molecule has 0 bridgehead atoms. The van der Waals surface area contributed by atoms with Crippen LogP contribution in [-0.2, 0) is 13.0 Å². The van der Waals surface area contributed by atoms with Crippen LogP contribution in [0.2, 0.25) is 0 Å². The topological polar surface area (TPSA) is 50.9 Å². The average molecular weight is 273 g/mol. The minimum atomic E-state index is 0.642. The molecule has 0 spiro atoms. The smallest absolute Gasteiger partial charge is 0.142 e. The first kappa shape index (κ1) is 12.5. The van der Waals surface area contributed by atoms with Crippen LogP contribution in [-0.4, -0.2) is 4.37 Å². The summed E-state index contributed by atoms with van der Waals surface area (Å²) < 4.78 is 4.27. The van der Waals surface area contributed by atoms with Gasteiger partial charge in [0.05, 0.1) is 0 Å². The summed E-state index contributed by atoms with van der Waals surface area (Å²) in [6.07, 6.45) is 3.59. The van der Waals surface area contributed by atoms with E-state index in [4.69, 9.17) is 5.73 Å². The molecule has 3 N–H and O–H groups in total. The van der Waals surface area contributed by atoms with Crippen LogP contribution in [0.4, 0.5) is 10.8 Å². The Kier molecular flexibility index (Phi) is 3.42. The molecule has 1 saturated carbocycles. The highest BCUT2D eigenvalue weighted by Gasteiger charge is 2.30. The molecular weight excluding hydrogens is 254 g/mol. The number of nitrogens with one attached hydrogen (secondary N) is 1. The van der Waals surface area contributed by atoms with Gasteiger partial charge in [-0.25, -0.2) is 0 Å². The molecule has 1 aromatic heterocycles. The number of aryl methyl sites for hydroxylation is 1.